The van der Waals surface area contributed by atoms with Crippen LogP contribution in [0.1, 0.15) is 36.6 Å². The number of methoxy groups -OCH3 is 1. The molecule has 1 aliphatic rings. The molecule has 3 rings (SSSR count). The first-order valence-corrected chi connectivity index (χ1v) is 8.18. The molecule has 1 fully saturated rings. The van der Waals surface area contributed by atoms with Crippen molar-refractivity contribution in [3.05, 3.63) is 47.8 Å². The molecule has 1 N–H and O–H groups in total. The van der Waals surface area contributed by atoms with Crippen LogP contribution in [0.15, 0.2) is 36.5 Å². The van der Waals surface area contributed by atoms with Crippen molar-refractivity contribution in [1.29, 1.82) is 0 Å². The predicted octanol–water partition coefficient (Wildman–Crippen LogP) is 3.25. The van der Waals surface area contributed by atoms with Crippen molar-refractivity contribution in [3.8, 4) is 5.75 Å². The van der Waals surface area contributed by atoms with Crippen molar-refractivity contribution in [1.82, 2.24) is 14.9 Å². The van der Waals surface area contributed by atoms with Crippen LogP contribution >= 0.6 is 0 Å². The second-order valence-corrected chi connectivity index (χ2v) is 5.85. The van der Waals surface area contributed by atoms with Gasteiger partial charge in [-0.25, -0.2) is 9.97 Å². The Morgan fingerprint density at radius 3 is 2.96 bits per heavy atom. The second-order valence-electron chi connectivity index (χ2n) is 5.85. The fourth-order valence-corrected chi connectivity index (χ4v) is 3.25. The van der Waals surface area contributed by atoms with E-state index in [9.17, 15) is 0 Å². The Labute approximate surface area is 137 Å². The number of piperidine rings is 1. The molecule has 5 heteroatoms. The summed E-state index contributed by atoms with van der Waals surface area (Å²) in [5.74, 6) is 1.64. The topological polar surface area (TPSA) is 50.3 Å². The van der Waals surface area contributed by atoms with E-state index in [-0.39, 0.29) is 0 Å². The molecule has 0 radical (unpaired) electrons. The minimum Gasteiger partial charge on any atom is -0.496 e. The number of nitrogens with one attached hydrogen (secondary N) is 1. The zero-order chi connectivity index (χ0) is 16.1. The van der Waals surface area contributed by atoms with Gasteiger partial charge in [0, 0.05) is 25.4 Å². The lowest BCUT2D eigenvalue weighted by atomic mass is 9.98. The third-order valence-corrected chi connectivity index (χ3v) is 4.42. The zero-order valence-electron chi connectivity index (χ0n) is 13.8. The molecule has 0 amide bonds. The molecular weight excluding hydrogens is 288 g/mol. The highest BCUT2D eigenvalue weighted by atomic mass is 16.5. The molecule has 1 aromatic carbocycles. The molecule has 1 aromatic heterocycles. The van der Waals surface area contributed by atoms with E-state index in [0.717, 1.165) is 31.0 Å². The number of hydrogen-bond acceptors (Lipinski definition) is 5. The number of nitrogens with zero attached hydrogens (tertiary/aromatic N) is 3. The first-order valence-electron chi connectivity index (χ1n) is 8.18. The van der Waals surface area contributed by atoms with E-state index in [0.29, 0.717) is 12.0 Å². The molecule has 1 aliphatic heterocycles. The number of hydrogen-bond donors (Lipinski definition) is 1. The summed E-state index contributed by atoms with van der Waals surface area (Å²) in [5, 5.41) is 3.03. The normalized spacial score (nSPS) is 18.6. The quantitative estimate of drug-likeness (QED) is 0.918. The fourth-order valence-electron chi connectivity index (χ4n) is 3.25. The second kappa shape index (κ2) is 7.42. The Morgan fingerprint density at radius 1 is 1.26 bits per heavy atom. The van der Waals surface area contributed by atoms with Gasteiger partial charge in [0.1, 0.15) is 5.75 Å². The molecule has 2 aromatic rings. The summed E-state index contributed by atoms with van der Waals surface area (Å²) in [5.41, 5.74) is 2.32. The number of aromatic nitrogens is 2. The van der Waals surface area contributed by atoms with Crippen molar-refractivity contribution in [2.24, 2.45) is 0 Å². The fraction of sp³-hybridized carbons (Fsp3) is 0.444. The van der Waals surface area contributed by atoms with Gasteiger partial charge in [-0.2, -0.15) is 0 Å². The van der Waals surface area contributed by atoms with Gasteiger partial charge in [-0.3, -0.25) is 4.90 Å². The van der Waals surface area contributed by atoms with Gasteiger partial charge in [0.15, 0.2) is 0 Å². The zero-order valence-corrected chi connectivity index (χ0v) is 13.8. The lowest BCUT2D eigenvalue weighted by Gasteiger charge is -2.35. The molecular formula is C18H24N4O. The van der Waals surface area contributed by atoms with Gasteiger partial charge < -0.3 is 10.1 Å². The summed E-state index contributed by atoms with van der Waals surface area (Å²) in [6, 6.07) is 10.6. The lowest BCUT2D eigenvalue weighted by molar-refractivity contribution is 0.136. The van der Waals surface area contributed by atoms with Gasteiger partial charge in [-0.05, 0) is 31.5 Å². The van der Waals surface area contributed by atoms with Gasteiger partial charge >= 0.3 is 0 Å². The summed E-state index contributed by atoms with van der Waals surface area (Å²) in [6.07, 6.45) is 5.45. The van der Waals surface area contributed by atoms with Crippen LogP contribution in [0.3, 0.4) is 0 Å². The molecule has 0 saturated carbocycles. The Kier molecular flexibility index (Phi) is 5.08. The molecule has 23 heavy (non-hydrogen) atoms. The van der Waals surface area contributed by atoms with Crippen molar-refractivity contribution < 1.29 is 4.74 Å². The lowest BCUT2D eigenvalue weighted by Crippen LogP contribution is -2.33. The molecule has 0 bridgehead atoms. The molecule has 2 heterocycles. The van der Waals surface area contributed by atoms with Crippen LogP contribution in [0.25, 0.3) is 0 Å². The van der Waals surface area contributed by atoms with Gasteiger partial charge in [0.25, 0.3) is 0 Å². The molecule has 0 unspecified atom stereocenters. The van der Waals surface area contributed by atoms with Crippen LogP contribution < -0.4 is 10.1 Å². The van der Waals surface area contributed by atoms with Gasteiger partial charge in [0.2, 0.25) is 5.95 Å². The Bertz CT molecular complexity index is 646. The van der Waals surface area contributed by atoms with Crippen molar-refractivity contribution in [3.63, 3.8) is 0 Å². The van der Waals surface area contributed by atoms with Crippen LogP contribution in [-0.4, -0.2) is 35.6 Å². The summed E-state index contributed by atoms with van der Waals surface area (Å²) in [4.78, 5) is 11.4. The highest BCUT2D eigenvalue weighted by Crippen LogP contribution is 2.32. The maximum atomic E-state index is 5.50. The van der Waals surface area contributed by atoms with Crippen LogP contribution in [-0.2, 0) is 6.54 Å². The van der Waals surface area contributed by atoms with E-state index in [1.807, 2.05) is 31.4 Å². The smallest absolute Gasteiger partial charge is 0.222 e. The molecule has 5 nitrogen and oxygen atoms in total. The monoisotopic (exact) mass is 312 g/mol. The van der Waals surface area contributed by atoms with Gasteiger partial charge in [-0.1, -0.05) is 24.6 Å². The molecule has 122 valence electrons. The Morgan fingerprint density at radius 2 is 2.13 bits per heavy atom. The molecule has 0 spiro atoms. The summed E-state index contributed by atoms with van der Waals surface area (Å²) in [7, 11) is 3.59. The summed E-state index contributed by atoms with van der Waals surface area (Å²) < 4.78 is 5.50. The predicted molar refractivity (Wildman–Crippen MR) is 91.6 cm³/mol. The average Bonchev–Trinajstić information content (AvgIpc) is 2.62. The highest BCUT2D eigenvalue weighted by molar-refractivity contribution is 5.33. The minimum atomic E-state index is 0.337. The van der Waals surface area contributed by atoms with E-state index in [4.69, 9.17) is 4.74 Å². The maximum Gasteiger partial charge on any atom is 0.222 e. The minimum absolute atomic E-state index is 0.337. The van der Waals surface area contributed by atoms with Crippen LogP contribution in [0.4, 0.5) is 5.95 Å². The summed E-state index contributed by atoms with van der Waals surface area (Å²) >= 11 is 0. The number of likely N-dealkylation sites (tertiary alicyclic amines) is 1. The number of anilines is 1. The van der Waals surface area contributed by atoms with E-state index in [2.05, 4.69) is 32.3 Å². The SMILES string of the molecule is CNc1nccc([C@@H]2CCCCN2Cc2ccccc2OC)n1. The van der Waals surface area contributed by atoms with E-state index >= 15 is 0 Å². The van der Waals surface area contributed by atoms with E-state index < -0.39 is 0 Å². The van der Waals surface area contributed by atoms with E-state index in [1.54, 1.807) is 7.11 Å². The number of para-hydroxylation sites is 1. The van der Waals surface area contributed by atoms with Crippen LogP contribution in [0.2, 0.25) is 0 Å². The Balaban J connectivity index is 1.83. The first kappa shape index (κ1) is 15.7. The van der Waals surface area contributed by atoms with Crippen molar-refractivity contribution in [2.45, 2.75) is 31.8 Å². The molecule has 1 saturated heterocycles. The number of ether oxygens (including phenoxy) is 1. The Hall–Kier alpha value is -2.14. The van der Waals surface area contributed by atoms with Crippen molar-refractivity contribution >= 4 is 5.95 Å². The van der Waals surface area contributed by atoms with Gasteiger partial charge in [0.05, 0.1) is 18.8 Å². The third kappa shape index (κ3) is 3.62. The standard InChI is InChI=1S/C18H24N4O/c1-19-18-20-11-10-15(21-18)16-8-5-6-12-22(16)13-14-7-3-4-9-17(14)23-2/h3-4,7,9-11,16H,5-6,8,12-13H2,1-2H3,(H,19,20,21)/t16-/m0/s1. The average molecular weight is 312 g/mol. The van der Waals surface area contributed by atoms with Gasteiger partial charge in [-0.15, -0.1) is 0 Å². The van der Waals surface area contributed by atoms with E-state index in [1.165, 1.54) is 18.4 Å². The largest absolute Gasteiger partial charge is 0.496 e. The molecule has 0 aliphatic carbocycles. The van der Waals surface area contributed by atoms with Crippen molar-refractivity contribution in [2.75, 3.05) is 26.0 Å². The summed E-state index contributed by atoms with van der Waals surface area (Å²) in [6.45, 7) is 1.97. The first-order chi connectivity index (χ1) is 11.3. The molecule has 1 atom stereocenters. The van der Waals surface area contributed by atoms with Crippen LogP contribution in [0, 0.1) is 0 Å². The number of rotatable bonds is 5. The highest BCUT2D eigenvalue weighted by Gasteiger charge is 2.26. The van der Waals surface area contributed by atoms with Crippen LogP contribution in [0.5, 0.6) is 5.75 Å². The maximum absolute atomic E-state index is 5.50. The number of benzene rings is 1. The third-order valence-electron chi connectivity index (χ3n) is 4.42.